The highest BCUT2D eigenvalue weighted by Gasteiger charge is 2.11. The first-order valence-corrected chi connectivity index (χ1v) is 5.42. The van der Waals surface area contributed by atoms with Crippen molar-refractivity contribution < 1.29 is 4.74 Å². The zero-order valence-electron chi connectivity index (χ0n) is 10.1. The summed E-state index contributed by atoms with van der Waals surface area (Å²) in [4.78, 5) is 8.30. The van der Waals surface area contributed by atoms with Gasteiger partial charge in [0.2, 0.25) is 5.88 Å². The standard InChI is InChI=1S/C11H15N5O/c1-4-9-10(12-2)13-7-14-11(9)17-8-5-15-16(3)6-8/h5-7H,4H2,1-3H3,(H,12,13,14). The Labute approximate surface area is 99.7 Å². The highest BCUT2D eigenvalue weighted by Crippen LogP contribution is 2.26. The Hall–Kier alpha value is -2.11. The van der Waals surface area contributed by atoms with Crippen LogP contribution in [0.2, 0.25) is 0 Å². The maximum absolute atomic E-state index is 5.69. The summed E-state index contributed by atoms with van der Waals surface area (Å²) in [5.41, 5.74) is 0.957. The predicted molar refractivity (Wildman–Crippen MR) is 64.2 cm³/mol. The molecule has 0 saturated carbocycles. The molecule has 0 aromatic carbocycles. The van der Waals surface area contributed by atoms with Crippen molar-refractivity contribution in [2.24, 2.45) is 7.05 Å². The minimum absolute atomic E-state index is 0.569. The normalized spacial score (nSPS) is 10.3. The molecule has 1 N–H and O–H groups in total. The zero-order chi connectivity index (χ0) is 12.3. The molecule has 0 unspecified atom stereocenters. The quantitative estimate of drug-likeness (QED) is 0.869. The smallest absolute Gasteiger partial charge is 0.227 e. The molecule has 0 bridgehead atoms. The number of nitrogens with zero attached hydrogens (tertiary/aromatic N) is 4. The lowest BCUT2D eigenvalue weighted by atomic mass is 10.2. The van der Waals surface area contributed by atoms with Gasteiger partial charge in [-0.2, -0.15) is 5.10 Å². The van der Waals surface area contributed by atoms with Crippen molar-refractivity contribution in [3.8, 4) is 11.6 Å². The molecule has 0 amide bonds. The van der Waals surface area contributed by atoms with Gasteiger partial charge >= 0.3 is 0 Å². The molecular weight excluding hydrogens is 218 g/mol. The van der Waals surface area contributed by atoms with Gasteiger partial charge in [-0.15, -0.1) is 0 Å². The second-order valence-electron chi connectivity index (χ2n) is 3.56. The molecule has 0 aliphatic carbocycles. The number of aromatic nitrogens is 4. The minimum atomic E-state index is 0.569. The van der Waals surface area contributed by atoms with Crippen molar-refractivity contribution in [3.05, 3.63) is 24.3 Å². The van der Waals surface area contributed by atoms with Crippen LogP contribution in [0.5, 0.6) is 11.6 Å². The van der Waals surface area contributed by atoms with Crippen LogP contribution in [-0.2, 0) is 13.5 Å². The van der Waals surface area contributed by atoms with Crippen LogP contribution in [0.3, 0.4) is 0 Å². The number of nitrogens with one attached hydrogen (secondary N) is 1. The Kier molecular flexibility index (Phi) is 3.22. The number of hydrogen-bond acceptors (Lipinski definition) is 5. The maximum atomic E-state index is 5.69. The molecule has 2 heterocycles. The molecule has 0 aliphatic rings. The predicted octanol–water partition coefficient (Wildman–Crippen LogP) is 1.61. The van der Waals surface area contributed by atoms with E-state index < -0.39 is 0 Å². The van der Waals surface area contributed by atoms with E-state index in [2.05, 4.69) is 20.4 Å². The van der Waals surface area contributed by atoms with Crippen LogP contribution in [0.25, 0.3) is 0 Å². The molecule has 0 aliphatic heterocycles. The maximum Gasteiger partial charge on any atom is 0.227 e. The summed E-state index contributed by atoms with van der Waals surface area (Å²) < 4.78 is 7.37. The Morgan fingerprint density at radius 3 is 2.82 bits per heavy atom. The summed E-state index contributed by atoms with van der Waals surface area (Å²) in [6.07, 6.45) is 5.73. The van der Waals surface area contributed by atoms with Crippen LogP contribution in [0, 0.1) is 0 Å². The van der Waals surface area contributed by atoms with E-state index in [0.717, 1.165) is 17.8 Å². The molecule has 2 aromatic heterocycles. The average molecular weight is 233 g/mol. The minimum Gasteiger partial charge on any atom is -0.435 e. The summed E-state index contributed by atoms with van der Waals surface area (Å²) in [7, 11) is 3.67. The molecule has 2 rings (SSSR count). The van der Waals surface area contributed by atoms with Gasteiger partial charge in [0.25, 0.3) is 0 Å². The van der Waals surface area contributed by atoms with E-state index in [0.29, 0.717) is 11.6 Å². The van der Waals surface area contributed by atoms with Crippen LogP contribution >= 0.6 is 0 Å². The highest BCUT2D eigenvalue weighted by molar-refractivity contribution is 5.49. The van der Waals surface area contributed by atoms with Gasteiger partial charge in [0.15, 0.2) is 5.75 Å². The lowest BCUT2D eigenvalue weighted by Gasteiger charge is -2.10. The molecule has 6 nitrogen and oxygen atoms in total. The van der Waals surface area contributed by atoms with Crippen LogP contribution in [0.15, 0.2) is 18.7 Å². The van der Waals surface area contributed by atoms with Crippen molar-refractivity contribution in [3.63, 3.8) is 0 Å². The molecule has 0 saturated heterocycles. The van der Waals surface area contributed by atoms with Crippen molar-refractivity contribution in [2.45, 2.75) is 13.3 Å². The van der Waals surface area contributed by atoms with E-state index in [-0.39, 0.29) is 0 Å². The lowest BCUT2D eigenvalue weighted by Crippen LogP contribution is -2.02. The number of ether oxygens (including phenoxy) is 1. The van der Waals surface area contributed by atoms with Crippen LogP contribution in [0.4, 0.5) is 5.82 Å². The molecule has 2 aromatic rings. The number of hydrogen-bond donors (Lipinski definition) is 1. The Morgan fingerprint density at radius 2 is 2.24 bits per heavy atom. The van der Waals surface area contributed by atoms with Gasteiger partial charge in [-0.05, 0) is 6.42 Å². The largest absolute Gasteiger partial charge is 0.435 e. The first kappa shape index (κ1) is 11.4. The summed E-state index contributed by atoms with van der Waals surface area (Å²) in [6, 6.07) is 0. The molecule has 0 fully saturated rings. The van der Waals surface area contributed by atoms with E-state index in [4.69, 9.17) is 4.74 Å². The Balaban J connectivity index is 2.32. The van der Waals surface area contributed by atoms with Crippen molar-refractivity contribution >= 4 is 5.82 Å². The SMILES string of the molecule is CCc1c(NC)ncnc1Oc1cnn(C)c1. The lowest BCUT2D eigenvalue weighted by molar-refractivity contribution is 0.455. The first-order valence-electron chi connectivity index (χ1n) is 5.42. The second-order valence-corrected chi connectivity index (χ2v) is 3.56. The first-order chi connectivity index (χ1) is 8.24. The molecule has 6 heteroatoms. The fourth-order valence-corrected chi connectivity index (χ4v) is 1.58. The van der Waals surface area contributed by atoms with E-state index in [1.807, 2.05) is 21.0 Å². The van der Waals surface area contributed by atoms with E-state index in [9.17, 15) is 0 Å². The van der Waals surface area contributed by atoms with Gasteiger partial charge in [-0.1, -0.05) is 6.92 Å². The third kappa shape index (κ3) is 2.35. The monoisotopic (exact) mass is 233 g/mol. The van der Waals surface area contributed by atoms with Gasteiger partial charge in [-0.3, -0.25) is 4.68 Å². The third-order valence-corrected chi connectivity index (χ3v) is 2.39. The van der Waals surface area contributed by atoms with Crippen molar-refractivity contribution in [1.29, 1.82) is 0 Å². The topological polar surface area (TPSA) is 64.9 Å². The second kappa shape index (κ2) is 4.82. The van der Waals surface area contributed by atoms with E-state index >= 15 is 0 Å². The van der Waals surface area contributed by atoms with E-state index in [1.54, 1.807) is 17.1 Å². The molecule has 0 spiro atoms. The number of rotatable bonds is 4. The van der Waals surface area contributed by atoms with E-state index in [1.165, 1.54) is 6.33 Å². The van der Waals surface area contributed by atoms with Gasteiger partial charge < -0.3 is 10.1 Å². The fourth-order valence-electron chi connectivity index (χ4n) is 1.58. The van der Waals surface area contributed by atoms with Gasteiger partial charge in [0, 0.05) is 14.1 Å². The molecule has 0 atom stereocenters. The van der Waals surface area contributed by atoms with Crippen molar-refractivity contribution in [1.82, 2.24) is 19.7 Å². The van der Waals surface area contributed by atoms with Gasteiger partial charge in [-0.25, -0.2) is 9.97 Å². The summed E-state index contributed by atoms with van der Waals surface area (Å²) in [5.74, 6) is 2.03. The molecule has 0 radical (unpaired) electrons. The number of aryl methyl sites for hydroxylation is 1. The summed E-state index contributed by atoms with van der Waals surface area (Å²) in [6.45, 7) is 2.04. The van der Waals surface area contributed by atoms with Crippen LogP contribution < -0.4 is 10.1 Å². The van der Waals surface area contributed by atoms with Crippen LogP contribution in [0.1, 0.15) is 12.5 Å². The van der Waals surface area contributed by atoms with Crippen LogP contribution in [-0.4, -0.2) is 26.8 Å². The number of anilines is 1. The van der Waals surface area contributed by atoms with Gasteiger partial charge in [0.05, 0.1) is 18.0 Å². The average Bonchev–Trinajstić information content (AvgIpc) is 2.74. The molecule has 17 heavy (non-hydrogen) atoms. The highest BCUT2D eigenvalue weighted by atomic mass is 16.5. The van der Waals surface area contributed by atoms with Crippen molar-refractivity contribution in [2.75, 3.05) is 12.4 Å². The third-order valence-electron chi connectivity index (χ3n) is 2.39. The Morgan fingerprint density at radius 1 is 1.41 bits per heavy atom. The fraction of sp³-hybridized carbons (Fsp3) is 0.364. The zero-order valence-corrected chi connectivity index (χ0v) is 10.1. The Bertz CT molecular complexity index is 508. The summed E-state index contributed by atoms with van der Waals surface area (Å²) >= 11 is 0. The molecule has 90 valence electrons. The van der Waals surface area contributed by atoms with Gasteiger partial charge in [0.1, 0.15) is 12.1 Å². The molecular formula is C11H15N5O. The summed E-state index contributed by atoms with van der Waals surface area (Å²) in [5, 5.41) is 7.07.